The van der Waals surface area contributed by atoms with E-state index >= 15 is 0 Å². The third-order valence-electron chi connectivity index (χ3n) is 5.13. The Kier molecular flexibility index (Phi) is 6.66. The second-order valence-corrected chi connectivity index (χ2v) is 7.34. The summed E-state index contributed by atoms with van der Waals surface area (Å²) in [6.07, 6.45) is 0.436. The van der Waals surface area contributed by atoms with Gasteiger partial charge in [0.25, 0.3) is 0 Å². The molecule has 3 N–H and O–H groups in total. The van der Waals surface area contributed by atoms with E-state index in [9.17, 15) is 14.7 Å². The maximum absolute atomic E-state index is 12.9. The third kappa shape index (κ3) is 5.02. The van der Waals surface area contributed by atoms with Gasteiger partial charge in [0.2, 0.25) is 0 Å². The van der Waals surface area contributed by atoms with E-state index in [-0.39, 0.29) is 24.5 Å². The standard InChI is InChI=1S/C25H24N4O4/c1-2-33-24(31)20-15-26-29(16-22(30)18-10-4-3-5-11-18)23(20)28-25(32)27-21-14-8-12-17-9-6-7-13-19(17)21/h3-15,22,30H,2,16H2,1H3,(H2,27,28,32). The van der Waals surface area contributed by atoms with Crippen LogP contribution >= 0.6 is 0 Å². The number of nitrogens with zero attached hydrogens (tertiary/aromatic N) is 2. The molecule has 0 aliphatic heterocycles. The molecule has 8 heteroatoms. The first-order chi connectivity index (χ1) is 16.1. The molecule has 0 spiro atoms. The number of carbonyl (C=O) groups is 2. The molecule has 168 valence electrons. The van der Waals surface area contributed by atoms with Crippen molar-refractivity contribution >= 4 is 34.3 Å². The van der Waals surface area contributed by atoms with Gasteiger partial charge in [0.05, 0.1) is 31.1 Å². The molecule has 2 amide bonds. The van der Waals surface area contributed by atoms with Crippen molar-refractivity contribution in [3.8, 4) is 0 Å². The summed E-state index contributed by atoms with van der Waals surface area (Å²) < 4.78 is 6.48. The zero-order chi connectivity index (χ0) is 23.2. The fraction of sp³-hybridized carbons (Fsp3) is 0.160. The first-order valence-corrected chi connectivity index (χ1v) is 10.6. The van der Waals surface area contributed by atoms with Gasteiger partial charge in [-0.15, -0.1) is 0 Å². The molecule has 0 aliphatic rings. The van der Waals surface area contributed by atoms with Crippen LogP contribution in [0.15, 0.2) is 79.0 Å². The number of urea groups is 1. The average molecular weight is 444 g/mol. The van der Waals surface area contributed by atoms with Crippen LogP contribution in [-0.4, -0.2) is 33.5 Å². The summed E-state index contributed by atoms with van der Waals surface area (Å²) in [6.45, 7) is 1.91. The summed E-state index contributed by atoms with van der Waals surface area (Å²) in [4.78, 5) is 25.3. The summed E-state index contributed by atoms with van der Waals surface area (Å²) in [5.74, 6) is -0.473. The molecule has 1 heterocycles. The Bertz CT molecular complexity index is 1260. The van der Waals surface area contributed by atoms with Gasteiger partial charge in [-0.25, -0.2) is 14.3 Å². The Balaban J connectivity index is 1.59. The number of esters is 1. The Morgan fingerprint density at radius 3 is 2.52 bits per heavy atom. The number of amides is 2. The van der Waals surface area contributed by atoms with E-state index in [4.69, 9.17) is 4.74 Å². The summed E-state index contributed by atoms with van der Waals surface area (Å²) in [5.41, 5.74) is 1.42. The molecule has 4 aromatic rings. The van der Waals surface area contributed by atoms with E-state index in [1.54, 1.807) is 25.1 Å². The smallest absolute Gasteiger partial charge is 0.343 e. The van der Waals surface area contributed by atoms with Crippen LogP contribution in [0.5, 0.6) is 0 Å². The molecule has 1 atom stereocenters. The number of hydrogen-bond donors (Lipinski definition) is 3. The highest BCUT2D eigenvalue weighted by molar-refractivity contribution is 6.08. The minimum absolute atomic E-state index is 0.0350. The van der Waals surface area contributed by atoms with Gasteiger partial charge in [-0.05, 0) is 23.9 Å². The molecular formula is C25H24N4O4. The number of anilines is 2. The monoisotopic (exact) mass is 444 g/mol. The highest BCUT2D eigenvalue weighted by atomic mass is 16.5. The van der Waals surface area contributed by atoms with Crippen LogP contribution in [0, 0.1) is 0 Å². The van der Waals surface area contributed by atoms with Gasteiger partial charge in [0.15, 0.2) is 0 Å². The van der Waals surface area contributed by atoms with Crippen molar-refractivity contribution in [3.05, 3.63) is 90.1 Å². The van der Waals surface area contributed by atoms with Crippen LogP contribution in [0.25, 0.3) is 10.8 Å². The molecule has 3 aromatic carbocycles. The van der Waals surface area contributed by atoms with Crippen molar-refractivity contribution in [2.24, 2.45) is 0 Å². The second-order valence-electron chi connectivity index (χ2n) is 7.34. The highest BCUT2D eigenvalue weighted by Gasteiger charge is 2.22. The lowest BCUT2D eigenvalue weighted by Gasteiger charge is -2.16. The van der Waals surface area contributed by atoms with Gasteiger partial charge in [-0.1, -0.05) is 66.7 Å². The molecule has 8 nitrogen and oxygen atoms in total. The fourth-order valence-corrected chi connectivity index (χ4v) is 3.55. The number of rotatable bonds is 7. The number of nitrogens with one attached hydrogen (secondary N) is 2. The minimum Gasteiger partial charge on any atom is -0.462 e. The number of aromatic nitrogens is 2. The highest BCUT2D eigenvalue weighted by Crippen LogP contribution is 2.25. The lowest BCUT2D eigenvalue weighted by atomic mass is 10.1. The molecule has 4 rings (SSSR count). The van der Waals surface area contributed by atoms with Crippen molar-refractivity contribution in [1.82, 2.24) is 9.78 Å². The number of carbonyl (C=O) groups excluding carboxylic acids is 2. The Morgan fingerprint density at radius 1 is 1.00 bits per heavy atom. The molecule has 0 radical (unpaired) electrons. The van der Waals surface area contributed by atoms with E-state index in [1.165, 1.54) is 10.9 Å². The predicted octanol–water partition coefficient (Wildman–Crippen LogP) is 4.59. The zero-order valence-corrected chi connectivity index (χ0v) is 18.1. The third-order valence-corrected chi connectivity index (χ3v) is 5.13. The number of aliphatic hydroxyl groups is 1. The van der Waals surface area contributed by atoms with Gasteiger partial charge in [-0.2, -0.15) is 5.10 Å². The molecular weight excluding hydrogens is 420 g/mol. The summed E-state index contributed by atoms with van der Waals surface area (Å²) in [5, 5.41) is 22.2. The molecule has 0 aliphatic carbocycles. The van der Waals surface area contributed by atoms with Crippen LogP contribution in [-0.2, 0) is 11.3 Å². The number of hydrogen-bond acceptors (Lipinski definition) is 5. The number of benzene rings is 3. The maximum atomic E-state index is 12.9. The molecule has 0 saturated carbocycles. The summed E-state index contributed by atoms with van der Waals surface area (Å²) in [6, 6.07) is 21.8. The number of fused-ring (bicyclic) bond motifs is 1. The molecule has 0 fully saturated rings. The largest absolute Gasteiger partial charge is 0.462 e. The van der Waals surface area contributed by atoms with E-state index in [0.29, 0.717) is 11.3 Å². The first-order valence-electron chi connectivity index (χ1n) is 10.6. The molecule has 1 aromatic heterocycles. The number of ether oxygens (including phenoxy) is 1. The molecule has 1 unspecified atom stereocenters. The van der Waals surface area contributed by atoms with Crippen molar-refractivity contribution in [2.75, 3.05) is 17.2 Å². The zero-order valence-electron chi connectivity index (χ0n) is 18.1. The Labute approximate surface area is 190 Å². The topological polar surface area (TPSA) is 105 Å². The predicted molar refractivity (Wildman–Crippen MR) is 126 cm³/mol. The molecule has 0 saturated heterocycles. The summed E-state index contributed by atoms with van der Waals surface area (Å²) in [7, 11) is 0. The van der Waals surface area contributed by atoms with Gasteiger partial charge in [0.1, 0.15) is 11.4 Å². The van der Waals surface area contributed by atoms with Gasteiger partial charge in [-0.3, -0.25) is 5.32 Å². The Hall–Kier alpha value is -4.17. The van der Waals surface area contributed by atoms with E-state index in [2.05, 4.69) is 15.7 Å². The van der Waals surface area contributed by atoms with Crippen molar-refractivity contribution < 1.29 is 19.4 Å². The molecule has 33 heavy (non-hydrogen) atoms. The van der Waals surface area contributed by atoms with Crippen LogP contribution in [0.2, 0.25) is 0 Å². The van der Waals surface area contributed by atoms with E-state index in [1.807, 2.05) is 54.6 Å². The van der Waals surface area contributed by atoms with E-state index in [0.717, 1.165) is 10.8 Å². The van der Waals surface area contributed by atoms with Gasteiger partial charge >= 0.3 is 12.0 Å². The SMILES string of the molecule is CCOC(=O)c1cnn(CC(O)c2ccccc2)c1NC(=O)Nc1cccc2ccccc12. The van der Waals surface area contributed by atoms with Crippen molar-refractivity contribution in [3.63, 3.8) is 0 Å². The van der Waals surface area contributed by atoms with Gasteiger partial charge in [0, 0.05) is 5.39 Å². The maximum Gasteiger partial charge on any atom is 0.343 e. The summed E-state index contributed by atoms with van der Waals surface area (Å²) >= 11 is 0. The average Bonchev–Trinajstić information content (AvgIpc) is 3.22. The van der Waals surface area contributed by atoms with Gasteiger partial charge < -0.3 is 15.2 Å². The van der Waals surface area contributed by atoms with Crippen LogP contribution in [0.1, 0.15) is 28.9 Å². The lowest BCUT2D eigenvalue weighted by Crippen LogP contribution is -2.24. The van der Waals surface area contributed by atoms with Crippen molar-refractivity contribution in [1.29, 1.82) is 0 Å². The Morgan fingerprint density at radius 2 is 1.73 bits per heavy atom. The first kappa shape index (κ1) is 22.0. The second kappa shape index (κ2) is 9.97. The van der Waals surface area contributed by atoms with Crippen LogP contribution < -0.4 is 10.6 Å². The van der Waals surface area contributed by atoms with E-state index < -0.39 is 18.1 Å². The molecule has 0 bridgehead atoms. The normalized spacial score (nSPS) is 11.7. The van der Waals surface area contributed by atoms with Crippen LogP contribution in [0.4, 0.5) is 16.3 Å². The van der Waals surface area contributed by atoms with Crippen LogP contribution in [0.3, 0.4) is 0 Å². The number of aliphatic hydroxyl groups excluding tert-OH is 1. The quantitative estimate of drug-likeness (QED) is 0.362. The fourth-order valence-electron chi connectivity index (χ4n) is 3.55. The minimum atomic E-state index is -0.886. The van der Waals surface area contributed by atoms with Crippen molar-refractivity contribution in [2.45, 2.75) is 19.6 Å². The lowest BCUT2D eigenvalue weighted by molar-refractivity contribution is 0.0527.